The van der Waals surface area contributed by atoms with Crippen molar-refractivity contribution in [2.24, 2.45) is 0 Å². The first-order valence-corrected chi connectivity index (χ1v) is 5.58. The van der Waals surface area contributed by atoms with E-state index in [1.807, 2.05) is 0 Å². The lowest BCUT2D eigenvalue weighted by Gasteiger charge is -2.29. The first-order valence-electron chi connectivity index (χ1n) is 5.58. The van der Waals surface area contributed by atoms with Crippen LogP contribution >= 0.6 is 0 Å². The molecule has 0 heterocycles. The number of aliphatic hydroxyl groups excluding tert-OH is 1. The summed E-state index contributed by atoms with van der Waals surface area (Å²) in [6.07, 6.45) is 9.37. The Morgan fingerprint density at radius 3 is 2.36 bits per heavy atom. The van der Waals surface area contributed by atoms with Gasteiger partial charge in [0.1, 0.15) is 0 Å². The molecule has 14 heavy (non-hydrogen) atoms. The molecule has 0 atom stereocenters. The Bertz CT molecular complexity index is 158. The summed E-state index contributed by atoms with van der Waals surface area (Å²) in [5.41, 5.74) is 0. The van der Waals surface area contributed by atoms with Gasteiger partial charge in [0.25, 0.3) is 0 Å². The summed E-state index contributed by atoms with van der Waals surface area (Å²) >= 11 is 0. The molecular formula is C12H23NO. The molecule has 0 aliphatic heterocycles. The van der Waals surface area contributed by atoms with Crippen molar-refractivity contribution in [3.63, 3.8) is 0 Å². The molecule has 0 spiro atoms. The predicted octanol–water partition coefficient (Wildman–Crippen LogP) is 1.88. The molecule has 0 aliphatic carbocycles. The van der Waals surface area contributed by atoms with Crippen LogP contribution in [0, 0.1) is 12.3 Å². The van der Waals surface area contributed by atoms with Gasteiger partial charge in [-0.2, -0.15) is 0 Å². The smallest absolute Gasteiger partial charge is 0.0558 e. The van der Waals surface area contributed by atoms with E-state index < -0.39 is 0 Å². The molecule has 0 rings (SSSR count). The van der Waals surface area contributed by atoms with Gasteiger partial charge < -0.3 is 5.11 Å². The Hall–Kier alpha value is -0.520. The van der Waals surface area contributed by atoms with Gasteiger partial charge >= 0.3 is 0 Å². The average molecular weight is 197 g/mol. The van der Waals surface area contributed by atoms with Gasteiger partial charge in [0, 0.05) is 19.0 Å². The van der Waals surface area contributed by atoms with Gasteiger partial charge in [0.15, 0.2) is 0 Å². The van der Waals surface area contributed by atoms with Crippen molar-refractivity contribution in [1.82, 2.24) is 4.90 Å². The third-order valence-electron chi connectivity index (χ3n) is 2.61. The van der Waals surface area contributed by atoms with Crippen molar-refractivity contribution >= 4 is 0 Å². The van der Waals surface area contributed by atoms with E-state index >= 15 is 0 Å². The Kier molecular flexibility index (Phi) is 8.72. The van der Waals surface area contributed by atoms with Crippen LogP contribution in [0.5, 0.6) is 0 Å². The largest absolute Gasteiger partial charge is 0.395 e. The molecule has 0 fully saturated rings. The minimum Gasteiger partial charge on any atom is -0.395 e. The Morgan fingerprint density at radius 1 is 1.29 bits per heavy atom. The first kappa shape index (κ1) is 13.5. The molecule has 0 aliphatic rings. The monoisotopic (exact) mass is 197 g/mol. The van der Waals surface area contributed by atoms with Crippen molar-refractivity contribution in [2.45, 2.75) is 45.6 Å². The maximum absolute atomic E-state index is 8.95. The maximum Gasteiger partial charge on any atom is 0.0558 e. The minimum absolute atomic E-state index is 0.243. The molecule has 1 N–H and O–H groups in total. The molecule has 0 aromatic heterocycles. The Balaban J connectivity index is 3.92. The van der Waals surface area contributed by atoms with Crippen LogP contribution in [0.4, 0.5) is 0 Å². The fourth-order valence-electron chi connectivity index (χ4n) is 1.79. The van der Waals surface area contributed by atoms with Gasteiger partial charge in [-0.25, -0.2) is 0 Å². The summed E-state index contributed by atoms with van der Waals surface area (Å²) in [6, 6.07) is 0.597. The molecular weight excluding hydrogens is 174 g/mol. The van der Waals surface area contributed by atoms with Crippen molar-refractivity contribution < 1.29 is 5.11 Å². The Morgan fingerprint density at radius 2 is 1.93 bits per heavy atom. The fourth-order valence-corrected chi connectivity index (χ4v) is 1.79. The zero-order valence-corrected chi connectivity index (χ0v) is 9.50. The molecule has 0 aromatic carbocycles. The molecule has 0 aromatic rings. The average Bonchev–Trinajstić information content (AvgIpc) is 2.20. The number of nitrogens with zero attached hydrogens (tertiary/aromatic N) is 1. The first-order chi connectivity index (χ1) is 6.79. The highest BCUT2D eigenvalue weighted by molar-refractivity contribution is 4.83. The fraction of sp³-hybridized carbons (Fsp3) is 0.833. The second kappa shape index (κ2) is 9.05. The van der Waals surface area contributed by atoms with Crippen LogP contribution in [0.2, 0.25) is 0 Å². The lowest BCUT2D eigenvalue weighted by atomic mass is 10.1. The van der Waals surface area contributed by atoms with E-state index in [1.54, 1.807) is 0 Å². The van der Waals surface area contributed by atoms with Gasteiger partial charge in [-0.1, -0.05) is 13.8 Å². The van der Waals surface area contributed by atoms with Crippen LogP contribution in [0.15, 0.2) is 0 Å². The van der Waals surface area contributed by atoms with Crippen molar-refractivity contribution in [1.29, 1.82) is 0 Å². The summed E-state index contributed by atoms with van der Waals surface area (Å²) in [6.45, 7) is 6.42. The number of rotatable bonds is 8. The highest BCUT2D eigenvalue weighted by Gasteiger charge is 2.13. The summed E-state index contributed by atoms with van der Waals surface area (Å²) in [5, 5.41) is 8.95. The normalized spacial score (nSPS) is 10.9. The van der Waals surface area contributed by atoms with E-state index in [0.717, 1.165) is 38.8 Å². The third kappa shape index (κ3) is 5.26. The molecule has 2 nitrogen and oxygen atoms in total. The van der Waals surface area contributed by atoms with E-state index in [0.29, 0.717) is 6.04 Å². The summed E-state index contributed by atoms with van der Waals surface area (Å²) < 4.78 is 0. The molecule has 2 heteroatoms. The van der Waals surface area contributed by atoms with Crippen molar-refractivity contribution in [2.75, 3.05) is 19.7 Å². The zero-order chi connectivity index (χ0) is 10.8. The van der Waals surface area contributed by atoms with Gasteiger partial charge in [-0.15, -0.1) is 12.3 Å². The molecule has 0 saturated heterocycles. The van der Waals surface area contributed by atoms with Crippen molar-refractivity contribution in [3.05, 3.63) is 0 Å². The van der Waals surface area contributed by atoms with E-state index in [4.69, 9.17) is 11.5 Å². The van der Waals surface area contributed by atoms with Gasteiger partial charge in [-0.05, 0) is 25.8 Å². The number of unbranched alkanes of at least 4 members (excludes halogenated alkanes) is 1. The second-order valence-corrected chi connectivity index (χ2v) is 3.54. The Labute approximate surface area is 88.3 Å². The van der Waals surface area contributed by atoms with Crippen LogP contribution < -0.4 is 0 Å². The third-order valence-corrected chi connectivity index (χ3v) is 2.61. The van der Waals surface area contributed by atoms with Gasteiger partial charge in [0.05, 0.1) is 6.61 Å². The number of hydrogen-bond acceptors (Lipinski definition) is 2. The highest BCUT2D eigenvalue weighted by Crippen LogP contribution is 2.09. The number of aliphatic hydroxyl groups is 1. The molecule has 0 radical (unpaired) electrons. The van der Waals surface area contributed by atoms with E-state index in [9.17, 15) is 0 Å². The van der Waals surface area contributed by atoms with Crippen LogP contribution in [0.3, 0.4) is 0 Å². The standard InChI is InChI=1S/C12H23NO/c1-4-7-8-9-13(10-11-14)12(5-2)6-3/h1,12,14H,5-11H2,2-3H3. The minimum atomic E-state index is 0.243. The lowest BCUT2D eigenvalue weighted by Crippen LogP contribution is -2.37. The SMILES string of the molecule is C#CCCCN(CCO)C(CC)CC. The van der Waals surface area contributed by atoms with E-state index in [1.165, 1.54) is 0 Å². The lowest BCUT2D eigenvalue weighted by molar-refractivity contribution is 0.142. The molecule has 0 amide bonds. The van der Waals surface area contributed by atoms with Crippen LogP contribution in [0.25, 0.3) is 0 Å². The van der Waals surface area contributed by atoms with Crippen LogP contribution in [-0.2, 0) is 0 Å². The predicted molar refractivity (Wildman–Crippen MR) is 61.1 cm³/mol. The number of terminal acetylenes is 1. The quantitative estimate of drug-likeness (QED) is 0.474. The highest BCUT2D eigenvalue weighted by atomic mass is 16.3. The zero-order valence-electron chi connectivity index (χ0n) is 9.50. The molecule has 0 bridgehead atoms. The molecule has 0 unspecified atom stereocenters. The van der Waals surface area contributed by atoms with E-state index in [2.05, 4.69) is 24.7 Å². The van der Waals surface area contributed by atoms with Gasteiger partial charge in [0.2, 0.25) is 0 Å². The molecule has 82 valence electrons. The topological polar surface area (TPSA) is 23.5 Å². The molecule has 0 saturated carbocycles. The summed E-state index contributed by atoms with van der Waals surface area (Å²) in [4.78, 5) is 2.34. The number of hydrogen-bond donors (Lipinski definition) is 1. The van der Waals surface area contributed by atoms with Gasteiger partial charge in [-0.3, -0.25) is 4.90 Å². The maximum atomic E-state index is 8.95. The van der Waals surface area contributed by atoms with Crippen LogP contribution in [-0.4, -0.2) is 35.7 Å². The van der Waals surface area contributed by atoms with E-state index in [-0.39, 0.29) is 6.61 Å². The second-order valence-electron chi connectivity index (χ2n) is 3.54. The van der Waals surface area contributed by atoms with Crippen molar-refractivity contribution in [3.8, 4) is 12.3 Å². The summed E-state index contributed by atoms with van der Waals surface area (Å²) in [5.74, 6) is 2.65. The summed E-state index contributed by atoms with van der Waals surface area (Å²) in [7, 11) is 0. The van der Waals surface area contributed by atoms with Crippen LogP contribution in [0.1, 0.15) is 39.5 Å².